The SMILES string of the molecule is ClN(Cl)Cl.[H-].[K+]. The van der Waals surface area contributed by atoms with Crippen LogP contribution in [0.15, 0.2) is 0 Å². The summed E-state index contributed by atoms with van der Waals surface area (Å²) in [5.41, 5.74) is 0. The van der Waals surface area contributed by atoms with E-state index in [4.69, 9.17) is 0 Å². The van der Waals surface area contributed by atoms with Gasteiger partial charge in [-0.25, -0.2) is 0 Å². The second kappa shape index (κ2) is 6.47. The molecule has 0 saturated heterocycles. The summed E-state index contributed by atoms with van der Waals surface area (Å²) in [4.78, 5) is 0. The minimum atomic E-state index is 0. The Morgan fingerprint density at radius 1 is 1.20 bits per heavy atom. The fourth-order valence-electron chi connectivity index (χ4n) is 0. The smallest absolute Gasteiger partial charge is 1.00 e. The van der Waals surface area contributed by atoms with E-state index in [1.165, 1.54) is 0 Å². The molecule has 0 aliphatic carbocycles. The number of hydrogen-bond donors (Lipinski definition) is 0. The number of hydrogen-bond acceptors (Lipinski definition) is 1. The van der Waals surface area contributed by atoms with E-state index in [1.807, 2.05) is 0 Å². The Balaban J connectivity index is -0.0000000450. The summed E-state index contributed by atoms with van der Waals surface area (Å²) in [6.07, 6.45) is 0. The maximum Gasteiger partial charge on any atom is 1.00 e. The molecule has 5 heavy (non-hydrogen) atoms. The molecule has 0 aliphatic rings. The van der Waals surface area contributed by atoms with E-state index in [9.17, 15) is 0 Å². The molecule has 0 heterocycles. The summed E-state index contributed by atoms with van der Waals surface area (Å²) < 4.78 is 0.417. The van der Waals surface area contributed by atoms with Crippen molar-refractivity contribution in [2.75, 3.05) is 0 Å². The molecule has 0 atom stereocenters. The summed E-state index contributed by atoms with van der Waals surface area (Å²) in [6.45, 7) is 0. The van der Waals surface area contributed by atoms with Crippen LogP contribution < -0.4 is 51.4 Å². The van der Waals surface area contributed by atoms with E-state index in [0.717, 1.165) is 0 Å². The van der Waals surface area contributed by atoms with Crippen molar-refractivity contribution >= 4 is 35.3 Å². The monoisotopic (exact) mass is 159 g/mol. The molecule has 0 aromatic heterocycles. The van der Waals surface area contributed by atoms with Gasteiger partial charge in [0.05, 0.1) is 0 Å². The standard InChI is InChI=1S/Cl3N.K.H/c1-4(2)3;;/q;+1;-1. The largest absolute Gasteiger partial charge is 1.00 e. The first-order valence-electron chi connectivity index (χ1n) is 0.507. The van der Waals surface area contributed by atoms with Crippen LogP contribution in [0.25, 0.3) is 0 Å². The molecule has 0 rings (SSSR count). The average molecular weight is 160 g/mol. The Morgan fingerprint density at radius 3 is 1.20 bits per heavy atom. The van der Waals surface area contributed by atoms with Crippen molar-refractivity contribution in [3.05, 3.63) is 0 Å². The molecule has 5 heteroatoms. The normalized spacial score (nSPS) is 7.20. The number of nitrogens with zero attached hydrogens (tertiary/aromatic N) is 1. The zero-order valence-electron chi connectivity index (χ0n) is 3.58. The minimum Gasteiger partial charge on any atom is -1.00 e. The minimum absolute atomic E-state index is 0. The van der Waals surface area contributed by atoms with Crippen LogP contribution in [0.5, 0.6) is 0 Å². The van der Waals surface area contributed by atoms with Gasteiger partial charge in [0.1, 0.15) is 0 Å². The summed E-state index contributed by atoms with van der Waals surface area (Å²) in [6, 6.07) is 0. The molecule has 28 valence electrons. The Bertz CT molecular complexity index is 15.5. The molecule has 0 radical (unpaired) electrons. The van der Waals surface area contributed by atoms with Gasteiger partial charge in [-0.05, 0) is 3.46 Å². The topological polar surface area (TPSA) is 3.24 Å². The summed E-state index contributed by atoms with van der Waals surface area (Å²) in [5, 5.41) is 0. The van der Waals surface area contributed by atoms with Crippen molar-refractivity contribution in [3.8, 4) is 0 Å². The summed E-state index contributed by atoms with van der Waals surface area (Å²) >= 11 is 13.9. The van der Waals surface area contributed by atoms with Gasteiger partial charge in [-0.2, -0.15) is 0 Å². The molecule has 0 spiro atoms. The third-order valence-corrected chi connectivity index (χ3v) is 0. The molecular weight excluding hydrogens is 159 g/mol. The second-order valence-corrected chi connectivity index (χ2v) is 1.72. The van der Waals surface area contributed by atoms with Gasteiger partial charge in [-0.15, -0.1) is 0 Å². The summed E-state index contributed by atoms with van der Waals surface area (Å²) in [5.74, 6) is 0. The zero-order valence-corrected chi connectivity index (χ0v) is 7.97. The van der Waals surface area contributed by atoms with Crippen LogP contribution in [0.3, 0.4) is 0 Å². The van der Waals surface area contributed by atoms with Crippen molar-refractivity contribution < 1.29 is 52.8 Å². The van der Waals surface area contributed by atoms with Gasteiger partial charge in [0, 0.05) is 35.3 Å². The van der Waals surface area contributed by atoms with Gasteiger partial charge in [-0.1, -0.05) is 0 Å². The Labute approximate surface area is 89.8 Å². The van der Waals surface area contributed by atoms with Crippen LogP contribution >= 0.6 is 35.3 Å². The average Bonchev–Trinajstić information content (AvgIpc) is 0.811. The Hall–Kier alpha value is 2.47. The quantitative estimate of drug-likeness (QED) is 0.320. The molecule has 1 nitrogen and oxygen atoms in total. The molecule has 0 aromatic carbocycles. The van der Waals surface area contributed by atoms with Gasteiger partial charge in [-0.3, -0.25) is 0 Å². The first-order valence-corrected chi connectivity index (χ1v) is 1.52. The predicted molar refractivity (Wildman–Crippen MR) is 20.5 cm³/mol. The van der Waals surface area contributed by atoms with Gasteiger partial charge in [0.15, 0.2) is 0 Å². The molecule has 0 N–H and O–H groups in total. The third kappa shape index (κ3) is 21.2. The molecule has 0 aliphatic heterocycles. The van der Waals surface area contributed by atoms with E-state index in [-0.39, 0.29) is 52.8 Å². The molecule has 0 amide bonds. The first-order chi connectivity index (χ1) is 1.73. The van der Waals surface area contributed by atoms with Crippen molar-refractivity contribution in [3.63, 3.8) is 0 Å². The van der Waals surface area contributed by atoms with Crippen LogP contribution in [0.1, 0.15) is 1.43 Å². The maximum atomic E-state index is 4.64. The van der Waals surface area contributed by atoms with Gasteiger partial charge in [0.25, 0.3) is 0 Å². The molecule has 0 saturated carbocycles. The van der Waals surface area contributed by atoms with Crippen molar-refractivity contribution in [1.82, 2.24) is 3.46 Å². The van der Waals surface area contributed by atoms with E-state index in [0.29, 0.717) is 3.46 Å². The van der Waals surface area contributed by atoms with E-state index < -0.39 is 0 Å². The van der Waals surface area contributed by atoms with E-state index >= 15 is 0 Å². The number of rotatable bonds is 0. The first kappa shape index (κ1) is 10.4. The van der Waals surface area contributed by atoms with Crippen LogP contribution in [-0.2, 0) is 0 Å². The molecule has 0 fully saturated rings. The number of halogens is 3. The predicted octanol–water partition coefficient (Wildman–Crippen LogP) is -1.13. The van der Waals surface area contributed by atoms with E-state index in [2.05, 4.69) is 35.3 Å². The molecular formula is HCl3KN. The molecule has 0 bridgehead atoms. The van der Waals surface area contributed by atoms with Crippen LogP contribution in [-0.4, -0.2) is 3.46 Å². The Morgan fingerprint density at radius 2 is 1.20 bits per heavy atom. The second-order valence-electron chi connectivity index (χ2n) is 0.192. The Kier molecular flexibility index (Phi) is 13.5. The van der Waals surface area contributed by atoms with E-state index in [1.54, 1.807) is 0 Å². The third-order valence-electron chi connectivity index (χ3n) is 0. The maximum absolute atomic E-state index is 4.64. The zero-order chi connectivity index (χ0) is 3.58. The van der Waals surface area contributed by atoms with Gasteiger partial charge in [0.2, 0.25) is 0 Å². The van der Waals surface area contributed by atoms with Gasteiger partial charge < -0.3 is 1.43 Å². The molecule has 0 unspecified atom stereocenters. The molecule has 0 aromatic rings. The van der Waals surface area contributed by atoms with Crippen LogP contribution in [0.4, 0.5) is 0 Å². The van der Waals surface area contributed by atoms with Crippen molar-refractivity contribution in [2.24, 2.45) is 0 Å². The fourth-order valence-corrected chi connectivity index (χ4v) is 0. The van der Waals surface area contributed by atoms with Crippen LogP contribution in [0.2, 0.25) is 0 Å². The van der Waals surface area contributed by atoms with Crippen LogP contribution in [0, 0.1) is 0 Å². The van der Waals surface area contributed by atoms with Gasteiger partial charge >= 0.3 is 51.4 Å². The fraction of sp³-hybridized carbons (Fsp3) is 0. The van der Waals surface area contributed by atoms with Crippen molar-refractivity contribution in [1.29, 1.82) is 0 Å². The van der Waals surface area contributed by atoms with Crippen molar-refractivity contribution in [2.45, 2.75) is 0 Å². The summed E-state index contributed by atoms with van der Waals surface area (Å²) in [7, 11) is 0.